The number of rotatable bonds is 5. The molecule has 0 saturated carbocycles. The van der Waals surface area contributed by atoms with Gasteiger partial charge in [0.25, 0.3) is 15.1 Å². The lowest BCUT2D eigenvalue weighted by Crippen LogP contribution is -2.22. The number of nitrogens with zero attached hydrogens (tertiary/aromatic N) is 1. The average Bonchev–Trinajstić information content (AvgIpc) is 3.05. The second kappa shape index (κ2) is 6.76. The normalized spacial score (nSPS) is 11.6. The van der Waals surface area contributed by atoms with Crippen LogP contribution in [0, 0.1) is 6.92 Å². The molecule has 1 aromatic heterocycles. The van der Waals surface area contributed by atoms with Gasteiger partial charge in [-0.05, 0) is 24.6 Å². The number of aromatic nitrogens is 1. The molecule has 2 aromatic carbocycles. The van der Waals surface area contributed by atoms with E-state index in [2.05, 4.69) is 9.88 Å². The zero-order chi connectivity index (χ0) is 17.2. The van der Waals surface area contributed by atoms with Gasteiger partial charge in [0, 0.05) is 23.2 Å². The Kier molecular flexibility index (Phi) is 4.71. The summed E-state index contributed by atoms with van der Waals surface area (Å²) < 4.78 is 32.1. The summed E-state index contributed by atoms with van der Waals surface area (Å²) in [6.07, 6.45) is 0. The molecule has 0 aliphatic heterocycles. The van der Waals surface area contributed by atoms with Gasteiger partial charge in [-0.2, -0.15) is 0 Å². The highest BCUT2D eigenvalue weighted by Gasteiger charge is 2.20. The molecular formula is C17H15ClN2O3S. The molecule has 7 heteroatoms. The number of benzene rings is 2. The predicted molar refractivity (Wildman–Crippen MR) is 92.2 cm³/mol. The molecule has 0 atom stereocenters. The van der Waals surface area contributed by atoms with Crippen LogP contribution in [0.2, 0.25) is 5.02 Å². The lowest BCUT2D eigenvalue weighted by atomic mass is 10.2. The maximum atomic E-state index is 12.3. The summed E-state index contributed by atoms with van der Waals surface area (Å²) in [4.78, 5) is 0. The fourth-order valence-electron chi connectivity index (χ4n) is 2.12. The van der Waals surface area contributed by atoms with Crippen LogP contribution in [0.5, 0.6) is 0 Å². The Morgan fingerprint density at radius 1 is 1.12 bits per heavy atom. The highest BCUT2D eigenvalue weighted by atomic mass is 35.5. The Hall–Kier alpha value is -2.15. The first kappa shape index (κ1) is 16.7. The third kappa shape index (κ3) is 3.84. The van der Waals surface area contributed by atoms with Gasteiger partial charge >= 0.3 is 0 Å². The van der Waals surface area contributed by atoms with Crippen LogP contribution in [-0.4, -0.2) is 13.6 Å². The Morgan fingerprint density at radius 2 is 1.88 bits per heavy atom. The molecule has 0 aliphatic carbocycles. The van der Waals surface area contributed by atoms with E-state index in [-0.39, 0.29) is 11.6 Å². The van der Waals surface area contributed by atoms with Crippen LogP contribution in [-0.2, 0) is 16.6 Å². The summed E-state index contributed by atoms with van der Waals surface area (Å²) in [6, 6.07) is 15.9. The summed E-state index contributed by atoms with van der Waals surface area (Å²) in [5.41, 5.74) is 3.07. The van der Waals surface area contributed by atoms with Crippen molar-refractivity contribution in [2.75, 3.05) is 0 Å². The summed E-state index contributed by atoms with van der Waals surface area (Å²) in [6.45, 7) is 2.15. The van der Waals surface area contributed by atoms with E-state index in [1.54, 1.807) is 24.3 Å². The van der Waals surface area contributed by atoms with E-state index in [1.165, 1.54) is 6.07 Å². The lowest BCUT2D eigenvalue weighted by molar-refractivity contribution is 0.339. The van der Waals surface area contributed by atoms with Gasteiger partial charge in [0.1, 0.15) is 5.69 Å². The molecule has 0 spiro atoms. The van der Waals surface area contributed by atoms with Crippen molar-refractivity contribution in [3.8, 4) is 11.3 Å². The van der Waals surface area contributed by atoms with Crippen LogP contribution in [0.4, 0.5) is 0 Å². The zero-order valence-corrected chi connectivity index (χ0v) is 14.4. The van der Waals surface area contributed by atoms with Crippen molar-refractivity contribution in [2.45, 2.75) is 18.6 Å². The largest absolute Gasteiger partial charge is 0.343 e. The zero-order valence-electron chi connectivity index (χ0n) is 12.9. The first-order valence-electron chi connectivity index (χ1n) is 7.22. The van der Waals surface area contributed by atoms with Crippen molar-refractivity contribution in [2.24, 2.45) is 0 Å². The van der Waals surface area contributed by atoms with Crippen molar-refractivity contribution in [1.82, 2.24) is 9.88 Å². The average molecular weight is 363 g/mol. The van der Waals surface area contributed by atoms with Crippen molar-refractivity contribution in [3.63, 3.8) is 0 Å². The van der Waals surface area contributed by atoms with Gasteiger partial charge in [-0.1, -0.05) is 58.7 Å². The summed E-state index contributed by atoms with van der Waals surface area (Å²) in [5.74, 6) is 0. The number of hydrogen-bond acceptors (Lipinski definition) is 4. The van der Waals surface area contributed by atoms with E-state index in [9.17, 15) is 8.42 Å². The Morgan fingerprint density at radius 3 is 2.58 bits per heavy atom. The molecule has 3 aromatic rings. The van der Waals surface area contributed by atoms with Crippen molar-refractivity contribution in [3.05, 3.63) is 70.7 Å². The smallest absolute Gasteiger partial charge is 0.277 e. The minimum Gasteiger partial charge on any atom is -0.343 e. The van der Waals surface area contributed by atoms with Gasteiger partial charge in [-0.25, -0.2) is 13.1 Å². The first-order valence-corrected chi connectivity index (χ1v) is 9.08. The summed E-state index contributed by atoms with van der Waals surface area (Å²) >= 11 is 5.93. The quantitative estimate of drug-likeness (QED) is 0.749. The van der Waals surface area contributed by atoms with E-state index < -0.39 is 10.0 Å². The molecule has 3 rings (SSSR count). The van der Waals surface area contributed by atoms with Gasteiger partial charge in [-0.15, -0.1) is 0 Å². The predicted octanol–water partition coefficient (Wildman–Crippen LogP) is 3.78. The first-order chi connectivity index (χ1) is 11.4. The SMILES string of the molecule is Cc1ccc(CNS(=O)(=O)c2cc(-c3cccc(Cl)c3)no2)cc1. The van der Waals surface area contributed by atoms with Gasteiger partial charge in [0.15, 0.2) is 0 Å². The van der Waals surface area contributed by atoms with Gasteiger partial charge < -0.3 is 4.52 Å². The monoisotopic (exact) mass is 362 g/mol. The molecule has 1 N–H and O–H groups in total. The molecule has 0 fully saturated rings. The molecule has 0 unspecified atom stereocenters. The second-order valence-electron chi connectivity index (χ2n) is 5.35. The lowest BCUT2D eigenvalue weighted by Gasteiger charge is -2.04. The van der Waals surface area contributed by atoms with Gasteiger partial charge in [0.05, 0.1) is 0 Å². The van der Waals surface area contributed by atoms with Crippen LogP contribution >= 0.6 is 11.6 Å². The molecule has 0 radical (unpaired) electrons. The molecule has 124 valence electrons. The molecule has 24 heavy (non-hydrogen) atoms. The number of halogens is 1. The van der Waals surface area contributed by atoms with Gasteiger partial charge in [0.2, 0.25) is 0 Å². The van der Waals surface area contributed by atoms with E-state index in [0.29, 0.717) is 16.3 Å². The minimum atomic E-state index is -3.78. The van der Waals surface area contributed by atoms with Crippen LogP contribution < -0.4 is 4.72 Å². The molecule has 0 amide bonds. The van der Waals surface area contributed by atoms with E-state index in [0.717, 1.165) is 11.1 Å². The standard InChI is InChI=1S/C17H15ClN2O3S/c1-12-5-7-13(8-6-12)11-19-24(21,22)17-10-16(20-23-17)14-3-2-4-15(18)9-14/h2-10,19H,11H2,1H3. The minimum absolute atomic E-state index is 0.176. The highest BCUT2D eigenvalue weighted by Crippen LogP contribution is 2.24. The Labute approximate surface area is 145 Å². The van der Waals surface area contributed by atoms with E-state index in [1.807, 2.05) is 31.2 Å². The number of sulfonamides is 1. The third-order valence-corrected chi connectivity index (χ3v) is 4.94. The number of hydrogen-bond donors (Lipinski definition) is 1. The van der Waals surface area contributed by atoms with Crippen molar-refractivity contribution in [1.29, 1.82) is 0 Å². The fourth-order valence-corrected chi connectivity index (χ4v) is 3.22. The van der Waals surface area contributed by atoms with E-state index >= 15 is 0 Å². The molecule has 1 heterocycles. The molecule has 0 saturated heterocycles. The second-order valence-corrected chi connectivity index (χ2v) is 7.49. The maximum absolute atomic E-state index is 12.3. The van der Waals surface area contributed by atoms with Gasteiger partial charge in [-0.3, -0.25) is 0 Å². The molecule has 5 nitrogen and oxygen atoms in total. The van der Waals surface area contributed by atoms with Crippen LogP contribution in [0.15, 0.2) is 64.2 Å². The summed E-state index contributed by atoms with van der Waals surface area (Å²) in [7, 11) is -3.78. The van der Waals surface area contributed by atoms with Crippen LogP contribution in [0.25, 0.3) is 11.3 Å². The maximum Gasteiger partial charge on any atom is 0.277 e. The van der Waals surface area contributed by atoms with Crippen molar-refractivity contribution >= 4 is 21.6 Å². The molecule has 0 bridgehead atoms. The number of aryl methyl sites for hydroxylation is 1. The molecular weight excluding hydrogens is 348 g/mol. The Balaban J connectivity index is 1.76. The van der Waals surface area contributed by atoms with Crippen LogP contribution in [0.3, 0.4) is 0 Å². The fraction of sp³-hybridized carbons (Fsp3) is 0.118. The number of nitrogens with one attached hydrogen (secondary N) is 1. The summed E-state index contributed by atoms with van der Waals surface area (Å²) in [5, 5.41) is 4.12. The highest BCUT2D eigenvalue weighted by molar-refractivity contribution is 7.89. The third-order valence-electron chi connectivity index (χ3n) is 3.46. The topological polar surface area (TPSA) is 72.2 Å². The Bertz CT molecular complexity index is 950. The van der Waals surface area contributed by atoms with Crippen LogP contribution in [0.1, 0.15) is 11.1 Å². The van der Waals surface area contributed by atoms with Crippen molar-refractivity contribution < 1.29 is 12.9 Å². The molecule has 0 aliphatic rings. The van der Waals surface area contributed by atoms with E-state index in [4.69, 9.17) is 16.1 Å².